The first-order chi connectivity index (χ1) is 10.7. The van der Waals surface area contributed by atoms with Crippen LogP contribution in [0, 0.1) is 31.1 Å². The summed E-state index contributed by atoms with van der Waals surface area (Å²) in [7, 11) is 0. The highest BCUT2D eigenvalue weighted by Crippen LogP contribution is 2.27. The largest absolute Gasteiger partial charge is 0.338 e. The first-order valence-electron chi connectivity index (χ1n) is 7.38. The van der Waals surface area contributed by atoms with Crippen molar-refractivity contribution < 1.29 is 9.59 Å². The smallest absolute Gasteiger partial charge is 0.321 e. The molecule has 7 heteroatoms. The molecule has 1 atom stereocenters. The summed E-state index contributed by atoms with van der Waals surface area (Å²) in [4.78, 5) is 28.0. The van der Waals surface area contributed by atoms with E-state index in [0.717, 1.165) is 11.3 Å². The molecule has 0 radical (unpaired) electrons. The second-order valence-electron chi connectivity index (χ2n) is 5.73. The van der Waals surface area contributed by atoms with Gasteiger partial charge in [-0.2, -0.15) is 5.26 Å². The second kappa shape index (κ2) is 8.53. The van der Waals surface area contributed by atoms with E-state index in [1.807, 2.05) is 33.8 Å². The van der Waals surface area contributed by atoms with Crippen LogP contribution in [0.3, 0.4) is 0 Å². The van der Waals surface area contributed by atoms with Gasteiger partial charge in [0.25, 0.3) is 0 Å². The number of aromatic nitrogens is 1. The zero-order valence-corrected chi connectivity index (χ0v) is 14.9. The van der Waals surface area contributed by atoms with Crippen LogP contribution in [0.5, 0.6) is 0 Å². The third kappa shape index (κ3) is 5.91. The van der Waals surface area contributed by atoms with Gasteiger partial charge in [-0.1, -0.05) is 25.6 Å². The van der Waals surface area contributed by atoms with Crippen molar-refractivity contribution in [2.45, 2.75) is 44.9 Å². The third-order valence-corrected chi connectivity index (χ3v) is 4.07. The van der Waals surface area contributed by atoms with Crippen LogP contribution in [0.25, 0.3) is 0 Å². The van der Waals surface area contributed by atoms with Gasteiger partial charge in [0, 0.05) is 12.2 Å². The van der Waals surface area contributed by atoms with Crippen molar-refractivity contribution in [2.24, 2.45) is 5.92 Å². The zero-order chi connectivity index (χ0) is 17.6. The first kappa shape index (κ1) is 19.0. The average Bonchev–Trinajstić information content (AvgIpc) is 2.44. The molecule has 1 unspecified atom stereocenters. The summed E-state index contributed by atoms with van der Waals surface area (Å²) in [5, 5.41) is 14.1. The summed E-state index contributed by atoms with van der Waals surface area (Å²) >= 11 is 1.17. The molecule has 0 aliphatic carbocycles. The van der Waals surface area contributed by atoms with Crippen LogP contribution in [-0.4, -0.2) is 28.7 Å². The van der Waals surface area contributed by atoms with Gasteiger partial charge in [-0.25, -0.2) is 9.78 Å². The minimum Gasteiger partial charge on any atom is -0.338 e. The Bertz CT molecular complexity index is 638. The van der Waals surface area contributed by atoms with Gasteiger partial charge >= 0.3 is 6.03 Å². The number of nitriles is 1. The van der Waals surface area contributed by atoms with Crippen molar-refractivity contribution in [1.29, 1.82) is 5.26 Å². The predicted molar refractivity (Wildman–Crippen MR) is 90.1 cm³/mol. The molecular weight excluding hydrogens is 312 g/mol. The third-order valence-electron chi connectivity index (χ3n) is 2.99. The molecular formula is C16H22N4O2S. The van der Waals surface area contributed by atoms with E-state index in [2.05, 4.69) is 21.7 Å². The number of imide groups is 1. The van der Waals surface area contributed by atoms with Crippen molar-refractivity contribution in [2.75, 3.05) is 6.54 Å². The second-order valence-corrected chi connectivity index (χ2v) is 7.06. The number of amides is 3. The van der Waals surface area contributed by atoms with Crippen LogP contribution >= 0.6 is 11.8 Å². The van der Waals surface area contributed by atoms with E-state index >= 15 is 0 Å². The fraction of sp³-hybridized carbons (Fsp3) is 0.500. The summed E-state index contributed by atoms with van der Waals surface area (Å²) < 4.78 is 0. The number of aryl methyl sites for hydroxylation is 2. The highest BCUT2D eigenvalue weighted by atomic mass is 32.2. The number of nitrogens with zero attached hydrogens (tertiary/aromatic N) is 2. The Morgan fingerprint density at radius 3 is 2.57 bits per heavy atom. The van der Waals surface area contributed by atoms with Crippen molar-refractivity contribution >= 4 is 23.7 Å². The molecule has 1 aromatic heterocycles. The summed E-state index contributed by atoms with van der Waals surface area (Å²) in [5.41, 5.74) is 2.07. The molecule has 0 aliphatic rings. The van der Waals surface area contributed by atoms with Crippen LogP contribution in [0.4, 0.5) is 4.79 Å². The number of carbonyl (C=O) groups is 2. The molecule has 3 amide bonds. The summed E-state index contributed by atoms with van der Waals surface area (Å²) in [5.74, 6) is -0.110. The van der Waals surface area contributed by atoms with E-state index in [1.54, 1.807) is 6.92 Å². The van der Waals surface area contributed by atoms with Gasteiger partial charge in [-0.15, -0.1) is 0 Å². The van der Waals surface area contributed by atoms with E-state index in [9.17, 15) is 14.9 Å². The molecule has 1 heterocycles. The Kier molecular flexibility index (Phi) is 7.04. The molecule has 1 aromatic rings. The first-order valence-corrected chi connectivity index (χ1v) is 8.26. The van der Waals surface area contributed by atoms with Gasteiger partial charge in [-0.05, 0) is 38.3 Å². The molecule has 0 saturated carbocycles. The molecule has 6 nitrogen and oxygen atoms in total. The minimum absolute atomic E-state index is 0.306. The molecule has 0 aliphatic heterocycles. The lowest BCUT2D eigenvalue weighted by atomic mass is 10.1. The Morgan fingerprint density at radius 2 is 2.00 bits per heavy atom. The molecule has 0 bridgehead atoms. The van der Waals surface area contributed by atoms with Gasteiger partial charge in [0.2, 0.25) is 5.91 Å². The number of thioether (sulfide) groups is 1. The maximum absolute atomic E-state index is 12.1. The Labute approximate surface area is 141 Å². The number of hydrogen-bond donors (Lipinski definition) is 2. The van der Waals surface area contributed by atoms with E-state index in [1.165, 1.54) is 11.8 Å². The molecule has 0 aromatic carbocycles. The molecule has 23 heavy (non-hydrogen) atoms. The maximum Gasteiger partial charge on any atom is 0.321 e. The molecule has 1 rings (SSSR count). The van der Waals surface area contributed by atoms with E-state index < -0.39 is 17.2 Å². The van der Waals surface area contributed by atoms with Gasteiger partial charge in [0.1, 0.15) is 11.1 Å². The number of urea groups is 1. The van der Waals surface area contributed by atoms with Gasteiger partial charge in [-0.3, -0.25) is 10.1 Å². The molecule has 124 valence electrons. The molecule has 0 saturated heterocycles. The van der Waals surface area contributed by atoms with Crippen LogP contribution < -0.4 is 10.6 Å². The normalized spacial score (nSPS) is 11.7. The van der Waals surface area contributed by atoms with Crippen LogP contribution in [-0.2, 0) is 4.79 Å². The van der Waals surface area contributed by atoms with Crippen LogP contribution in [0.1, 0.15) is 37.6 Å². The lowest BCUT2D eigenvalue weighted by molar-refractivity contribution is -0.119. The van der Waals surface area contributed by atoms with E-state index in [-0.39, 0.29) is 0 Å². The lowest BCUT2D eigenvalue weighted by Gasteiger charge is -2.14. The molecule has 0 spiro atoms. The van der Waals surface area contributed by atoms with Crippen molar-refractivity contribution in [1.82, 2.24) is 15.6 Å². The SMILES string of the molecule is Cc1cc(C)c(C#N)c(SC(C)C(=O)NC(=O)NCC(C)C)n1. The van der Waals surface area contributed by atoms with Crippen LogP contribution in [0.2, 0.25) is 0 Å². The summed E-state index contributed by atoms with van der Waals surface area (Å²) in [6.07, 6.45) is 0. The van der Waals surface area contributed by atoms with Gasteiger partial charge in [0.15, 0.2) is 0 Å². The summed E-state index contributed by atoms with van der Waals surface area (Å²) in [6.45, 7) is 9.78. The minimum atomic E-state index is -0.541. The van der Waals surface area contributed by atoms with E-state index in [4.69, 9.17) is 0 Å². The molecule has 0 fully saturated rings. The Hall–Kier alpha value is -2.07. The average molecular weight is 334 g/mol. The van der Waals surface area contributed by atoms with Crippen molar-refractivity contribution in [3.8, 4) is 6.07 Å². The Morgan fingerprint density at radius 1 is 1.35 bits per heavy atom. The van der Waals surface area contributed by atoms with Crippen LogP contribution in [0.15, 0.2) is 11.1 Å². The summed E-state index contributed by atoms with van der Waals surface area (Å²) in [6, 6.07) is 3.43. The number of carbonyl (C=O) groups excluding carboxylic acids is 2. The zero-order valence-electron chi connectivity index (χ0n) is 14.1. The standard InChI is InChI=1S/C16H22N4O2S/c1-9(2)8-18-16(22)20-14(21)12(5)23-15-13(7-17)10(3)6-11(4)19-15/h6,9,12H,8H2,1-5H3,(H2,18,20,21,22). The molecule has 2 N–H and O–H groups in total. The van der Waals surface area contributed by atoms with Gasteiger partial charge < -0.3 is 5.32 Å². The lowest BCUT2D eigenvalue weighted by Crippen LogP contribution is -2.43. The highest BCUT2D eigenvalue weighted by molar-refractivity contribution is 8.00. The highest BCUT2D eigenvalue weighted by Gasteiger charge is 2.20. The quantitative estimate of drug-likeness (QED) is 0.807. The van der Waals surface area contributed by atoms with Crippen molar-refractivity contribution in [3.05, 3.63) is 22.9 Å². The topological polar surface area (TPSA) is 94.9 Å². The number of hydrogen-bond acceptors (Lipinski definition) is 5. The number of pyridine rings is 1. The van der Waals surface area contributed by atoms with Gasteiger partial charge in [0.05, 0.1) is 10.8 Å². The Balaban J connectivity index is 2.73. The fourth-order valence-corrected chi connectivity index (χ4v) is 2.82. The van der Waals surface area contributed by atoms with Crippen molar-refractivity contribution in [3.63, 3.8) is 0 Å². The monoisotopic (exact) mass is 334 g/mol. The fourth-order valence-electron chi connectivity index (χ4n) is 1.80. The maximum atomic E-state index is 12.1. The number of nitrogens with one attached hydrogen (secondary N) is 2. The predicted octanol–water partition coefficient (Wildman–Crippen LogP) is 2.53. The number of rotatable bonds is 5. The van der Waals surface area contributed by atoms with E-state index in [0.29, 0.717) is 23.1 Å².